The molecule has 2 N–H and O–H groups in total. The minimum absolute atomic E-state index is 0. The van der Waals surface area contributed by atoms with E-state index in [1.54, 1.807) is 7.05 Å². The number of carbonyl (C=O) groups excluding carboxylic acids is 1. The molecule has 7 heteroatoms. The summed E-state index contributed by atoms with van der Waals surface area (Å²) in [6, 6.07) is 0. The summed E-state index contributed by atoms with van der Waals surface area (Å²) in [5, 5.41) is 6.16. The van der Waals surface area contributed by atoms with Crippen molar-refractivity contribution >= 4 is 35.8 Å². The van der Waals surface area contributed by atoms with Gasteiger partial charge >= 0.3 is 0 Å². The van der Waals surface area contributed by atoms with Gasteiger partial charge in [-0.25, -0.2) is 0 Å². The van der Waals surface area contributed by atoms with Crippen LogP contribution in [0.1, 0.15) is 45.4 Å². The molecule has 0 aliphatic carbocycles. The van der Waals surface area contributed by atoms with E-state index in [4.69, 9.17) is 4.99 Å². The number of nitrogens with zero attached hydrogens (tertiary/aromatic N) is 3. The van der Waals surface area contributed by atoms with Gasteiger partial charge in [0, 0.05) is 39.6 Å². The van der Waals surface area contributed by atoms with Gasteiger partial charge in [-0.1, -0.05) is 0 Å². The number of amides is 1. The molecule has 146 valence electrons. The van der Waals surface area contributed by atoms with E-state index < -0.39 is 0 Å². The van der Waals surface area contributed by atoms with Crippen molar-refractivity contribution < 1.29 is 4.79 Å². The number of halogens is 1. The van der Waals surface area contributed by atoms with E-state index in [-0.39, 0.29) is 29.9 Å². The van der Waals surface area contributed by atoms with Gasteiger partial charge in [-0.15, -0.1) is 24.0 Å². The number of likely N-dealkylation sites (tertiary alicyclic amines) is 2. The average molecular weight is 465 g/mol. The van der Waals surface area contributed by atoms with Gasteiger partial charge < -0.3 is 20.4 Å². The molecular weight excluding hydrogens is 429 g/mol. The molecule has 0 radical (unpaired) electrons. The van der Waals surface area contributed by atoms with E-state index >= 15 is 0 Å². The van der Waals surface area contributed by atoms with E-state index in [0.29, 0.717) is 12.3 Å². The Morgan fingerprint density at radius 3 is 2.44 bits per heavy atom. The maximum atomic E-state index is 11.5. The lowest BCUT2D eigenvalue weighted by atomic mass is 9.93. The van der Waals surface area contributed by atoms with Crippen molar-refractivity contribution in [3.05, 3.63) is 0 Å². The molecule has 0 saturated carbocycles. The third-order valence-corrected chi connectivity index (χ3v) is 5.09. The fourth-order valence-electron chi connectivity index (χ4n) is 3.62. The van der Waals surface area contributed by atoms with E-state index in [1.807, 2.05) is 0 Å². The molecule has 2 fully saturated rings. The van der Waals surface area contributed by atoms with E-state index in [9.17, 15) is 4.79 Å². The van der Waals surface area contributed by atoms with Crippen LogP contribution < -0.4 is 10.6 Å². The first-order valence-electron chi connectivity index (χ1n) is 9.69. The maximum Gasteiger partial charge on any atom is 0.220 e. The van der Waals surface area contributed by atoms with Crippen molar-refractivity contribution in [3.63, 3.8) is 0 Å². The van der Waals surface area contributed by atoms with Crippen molar-refractivity contribution in [2.75, 3.05) is 52.9 Å². The monoisotopic (exact) mass is 465 g/mol. The lowest BCUT2D eigenvalue weighted by molar-refractivity contribution is -0.121. The van der Waals surface area contributed by atoms with E-state index in [2.05, 4.69) is 27.4 Å². The first-order chi connectivity index (χ1) is 11.7. The summed E-state index contributed by atoms with van der Waals surface area (Å²) in [7, 11) is 1.72. The van der Waals surface area contributed by atoms with Crippen molar-refractivity contribution in [1.82, 2.24) is 20.4 Å². The number of aliphatic imine (C=N–C) groups is 1. The molecule has 0 atom stereocenters. The van der Waals surface area contributed by atoms with Crippen LogP contribution in [0.4, 0.5) is 0 Å². The van der Waals surface area contributed by atoms with Gasteiger partial charge in [0.15, 0.2) is 5.96 Å². The van der Waals surface area contributed by atoms with E-state index in [0.717, 1.165) is 51.4 Å². The minimum Gasteiger partial charge on any atom is -0.359 e. The Morgan fingerprint density at radius 2 is 1.84 bits per heavy atom. The second kappa shape index (κ2) is 12.7. The zero-order valence-corrected chi connectivity index (χ0v) is 18.3. The summed E-state index contributed by atoms with van der Waals surface area (Å²) in [6.45, 7) is 9.64. The second-order valence-electron chi connectivity index (χ2n) is 6.95. The van der Waals surface area contributed by atoms with Gasteiger partial charge in [0.25, 0.3) is 0 Å². The lowest BCUT2D eigenvalue weighted by Crippen LogP contribution is -2.46. The number of piperidine rings is 1. The van der Waals surface area contributed by atoms with Crippen molar-refractivity contribution in [2.24, 2.45) is 10.9 Å². The molecule has 2 rings (SSSR count). The SMILES string of the molecule is CCNC(=NCCCN1CCCC1)N1CCC(CC(=O)NC)CC1.I. The first kappa shape index (κ1) is 22.5. The minimum atomic E-state index is 0. The molecule has 1 amide bonds. The van der Waals surface area contributed by atoms with Gasteiger partial charge in [-0.05, 0) is 64.6 Å². The molecule has 6 nitrogen and oxygen atoms in total. The fourth-order valence-corrected chi connectivity index (χ4v) is 3.62. The predicted octanol–water partition coefficient (Wildman–Crippen LogP) is 1.90. The van der Waals surface area contributed by atoms with Gasteiger partial charge in [0.1, 0.15) is 0 Å². The summed E-state index contributed by atoms with van der Waals surface area (Å²) >= 11 is 0. The van der Waals surface area contributed by atoms with Crippen molar-refractivity contribution in [1.29, 1.82) is 0 Å². The highest BCUT2D eigenvalue weighted by molar-refractivity contribution is 14.0. The Morgan fingerprint density at radius 1 is 1.16 bits per heavy atom. The van der Waals surface area contributed by atoms with Gasteiger partial charge in [-0.2, -0.15) is 0 Å². The number of hydrogen-bond donors (Lipinski definition) is 2. The quantitative estimate of drug-likeness (QED) is 0.261. The third kappa shape index (κ3) is 8.11. The van der Waals surface area contributed by atoms with Gasteiger partial charge in [-0.3, -0.25) is 9.79 Å². The molecule has 2 saturated heterocycles. The highest BCUT2D eigenvalue weighted by atomic mass is 127. The largest absolute Gasteiger partial charge is 0.359 e. The van der Waals surface area contributed by atoms with Gasteiger partial charge in [0.05, 0.1) is 0 Å². The molecule has 2 aliphatic rings. The smallest absolute Gasteiger partial charge is 0.220 e. The van der Waals surface area contributed by atoms with Crippen LogP contribution in [0.2, 0.25) is 0 Å². The fraction of sp³-hybridized carbons (Fsp3) is 0.889. The van der Waals surface area contributed by atoms with Crippen LogP contribution in [-0.4, -0.2) is 74.5 Å². The molecule has 0 unspecified atom stereocenters. The molecule has 0 aromatic carbocycles. The average Bonchev–Trinajstić information content (AvgIpc) is 3.12. The van der Waals surface area contributed by atoms with Crippen LogP contribution >= 0.6 is 24.0 Å². The standard InChI is InChI=1S/C18H35N5O.HI/c1-3-20-18(21-9-6-12-22-10-4-5-11-22)23-13-7-16(8-14-23)15-17(24)19-2;/h16H,3-15H2,1-2H3,(H,19,24)(H,20,21);1H. The van der Waals surface area contributed by atoms with Crippen molar-refractivity contribution in [3.8, 4) is 0 Å². The Kier molecular flexibility index (Phi) is 11.4. The second-order valence-corrected chi connectivity index (χ2v) is 6.95. The Labute approximate surface area is 170 Å². The molecule has 0 aromatic rings. The molecule has 0 bridgehead atoms. The maximum absolute atomic E-state index is 11.5. The number of guanidine groups is 1. The Balaban J connectivity index is 0.00000312. The molecule has 2 aliphatic heterocycles. The van der Waals surface area contributed by atoms with Crippen LogP contribution in [0.3, 0.4) is 0 Å². The lowest BCUT2D eigenvalue weighted by Gasteiger charge is -2.34. The van der Waals surface area contributed by atoms with Crippen LogP contribution in [0.15, 0.2) is 4.99 Å². The highest BCUT2D eigenvalue weighted by Gasteiger charge is 2.23. The zero-order chi connectivity index (χ0) is 17.2. The zero-order valence-electron chi connectivity index (χ0n) is 15.9. The number of rotatable bonds is 7. The Hall–Kier alpha value is -0.570. The van der Waals surface area contributed by atoms with Gasteiger partial charge in [0.2, 0.25) is 5.91 Å². The van der Waals surface area contributed by atoms with Crippen LogP contribution in [-0.2, 0) is 4.79 Å². The molecular formula is C18H36IN5O. The van der Waals surface area contributed by atoms with E-state index in [1.165, 1.54) is 32.5 Å². The normalized spacial score (nSPS) is 19.6. The predicted molar refractivity (Wildman–Crippen MR) is 115 cm³/mol. The molecule has 25 heavy (non-hydrogen) atoms. The highest BCUT2D eigenvalue weighted by Crippen LogP contribution is 2.20. The number of hydrogen-bond acceptors (Lipinski definition) is 3. The summed E-state index contributed by atoms with van der Waals surface area (Å²) in [5.41, 5.74) is 0. The number of nitrogens with one attached hydrogen (secondary N) is 2. The molecule has 0 aromatic heterocycles. The van der Waals surface area contributed by atoms with Crippen LogP contribution in [0, 0.1) is 5.92 Å². The topological polar surface area (TPSA) is 60.0 Å². The summed E-state index contributed by atoms with van der Waals surface area (Å²) < 4.78 is 0. The first-order valence-corrected chi connectivity index (χ1v) is 9.69. The Bertz CT molecular complexity index is 404. The van der Waals surface area contributed by atoms with Crippen LogP contribution in [0.5, 0.6) is 0 Å². The van der Waals surface area contributed by atoms with Crippen molar-refractivity contribution in [2.45, 2.75) is 45.4 Å². The summed E-state index contributed by atoms with van der Waals surface area (Å²) in [4.78, 5) is 21.3. The number of carbonyl (C=O) groups is 1. The third-order valence-electron chi connectivity index (χ3n) is 5.09. The molecule has 2 heterocycles. The molecule has 0 spiro atoms. The van der Waals surface area contributed by atoms with Crippen LogP contribution in [0.25, 0.3) is 0 Å². The summed E-state index contributed by atoms with van der Waals surface area (Å²) in [6.07, 6.45) is 6.67. The summed E-state index contributed by atoms with van der Waals surface area (Å²) in [5.74, 6) is 1.73.